The molecule has 0 amide bonds. The number of benzene rings is 1. The number of carbonyl (C=O) groups excluding carboxylic acids is 1. The standard InChI is InChI=1S/C15H20N2O4/c1-11(13-4-3-5-14(10-13)17(19)20)16-8-6-12(7-9-16)15(18)21-2/h3-5,10-12H,6-9H2,1-2H3. The maximum Gasteiger partial charge on any atom is 0.308 e. The van der Waals surface area contributed by atoms with Crippen LogP contribution in [0.5, 0.6) is 0 Å². The molecule has 0 aromatic heterocycles. The fraction of sp³-hybridized carbons (Fsp3) is 0.533. The quantitative estimate of drug-likeness (QED) is 0.484. The molecule has 2 rings (SSSR count). The van der Waals surface area contributed by atoms with Crippen molar-refractivity contribution in [2.45, 2.75) is 25.8 Å². The van der Waals surface area contributed by atoms with Crippen molar-refractivity contribution in [1.29, 1.82) is 0 Å². The minimum atomic E-state index is -0.375. The summed E-state index contributed by atoms with van der Waals surface area (Å²) in [4.78, 5) is 24.2. The molecule has 114 valence electrons. The van der Waals surface area contributed by atoms with Crippen LogP contribution in [-0.2, 0) is 9.53 Å². The van der Waals surface area contributed by atoms with E-state index in [0.29, 0.717) is 0 Å². The normalized spacial score (nSPS) is 18.2. The molecule has 1 aromatic carbocycles. The molecule has 1 aromatic rings. The number of nitro groups is 1. The first kappa shape index (κ1) is 15.4. The molecule has 1 aliphatic heterocycles. The largest absolute Gasteiger partial charge is 0.469 e. The number of carbonyl (C=O) groups is 1. The Kier molecular flexibility index (Phi) is 4.90. The number of hydrogen-bond donors (Lipinski definition) is 0. The first-order chi connectivity index (χ1) is 10.0. The van der Waals surface area contributed by atoms with Gasteiger partial charge >= 0.3 is 5.97 Å². The van der Waals surface area contributed by atoms with Crippen molar-refractivity contribution < 1.29 is 14.5 Å². The van der Waals surface area contributed by atoms with Crippen molar-refractivity contribution in [1.82, 2.24) is 4.90 Å². The number of non-ortho nitro benzene ring substituents is 1. The molecule has 6 nitrogen and oxygen atoms in total. The third kappa shape index (κ3) is 3.58. The maximum atomic E-state index is 11.5. The Labute approximate surface area is 123 Å². The van der Waals surface area contributed by atoms with E-state index in [-0.39, 0.29) is 28.5 Å². The third-order valence-corrected chi connectivity index (χ3v) is 4.18. The second-order valence-corrected chi connectivity index (χ2v) is 5.36. The van der Waals surface area contributed by atoms with Gasteiger partial charge in [0.2, 0.25) is 0 Å². The topological polar surface area (TPSA) is 72.7 Å². The van der Waals surface area contributed by atoms with Gasteiger partial charge in [0.15, 0.2) is 0 Å². The molecular weight excluding hydrogens is 272 g/mol. The van der Waals surface area contributed by atoms with E-state index in [0.717, 1.165) is 31.5 Å². The van der Waals surface area contributed by atoms with Gasteiger partial charge in [-0.2, -0.15) is 0 Å². The number of likely N-dealkylation sites (tertiary alicyclic amines) is 1. The van der Waals surface area contributed by atoms with E-state index in [4.69, 9.17) is 4.74 Å². The Bertz CT molecular complexity index is 524. The highest BCUT2D eigenvalue weighted by Gasteiger charge is 2.28. The van der Waals surface area contributed by atoms with Gasteiger partial charge in [-0.3, -0.25) is 19.8 Å². The van der Waals surface area contributed by atoms with Crippen LogP contribution >= 0.6 is 0 Å². The van der Waals surface area contributed by atoms with Crippen LogP contribution in [-0.4, -0.2) is 36.0 Å². The second kappa shape index (κ2) is 6.67. The monoisotopic (exact) mass is 292 g/mol. The van der Waals surface area contributed by atoms with Gasteiger partial charge in [0.25, 0.3) is 5.69 Å². The number of piperidine rings is 1. The van der Waals surface area contributed by atoms with Crippen LogP contribution in [0.1, 0.15) is 31.4 Å². The average Bonchev–Trinajstić information content (AvgIpc) is 2.53. The van der Waals surface area contributed by atoms with E-state index in [2.05, 4.69) is 4.90 Å². The molecule has 0 N–H and O–H groups in total. The van der Waals surface area contributed by atoms with Gasteiger partial charge in [0, 0.05) is 18.2 Å². The van der Waals surface area contributed by atoms with E-state index >= 15 is 0 Å². The predicted octanol–water partition coefficient (Wildman–Crippen LogP) is 2.54. The minimum absolute atomic E-state index is 0.0245. The highest BCUT2D eigenvalue weighted by atomic mass is 16.6. The van der Waals surface area contributed by atoms with Crippen LogP contribution in [0.2, 0.25) is 0 Å². The summed E-state index contributed by atoms with van der Waals surface area (Å²) in [5, 5.41) is 10.8. The Morgan fingerprint density at radius 2 is 2.10 bits per heavy atom. The molecule has 6 heteroatoms. The Morgan fingerprint density at radius 1 is 1.43 bits per heavy atom. The summed E-state index contributed by atoms with van der Waals surface area (Å²) in [7, 11) is 1.42. The number of ether oxygens (including phenoxy) is 1. The summed E-state index contributed by atoms with van der Waals surface area (Å²) in [5.74, 6) is -0.166. The van der Waals surface area contributed by atoms with E-state index in [1.807, 2.05) is 13.0 Å². The van der Waals surface area contributed by atoms with Crippen molar-refractivity contribution in [3.05, 3.63) is 39.9 Å². The van der Waals surface area contributed by atoms with Gasteiger partial charge in [0.1, 0.15) is 0 Å². The number of nitrogens with zero attached hydrogens (tertiary/aromatic N) is 2. The SMILES string of the molecule is COC(=O)C1CCN(C(C)c2cccc([N+](=O)[O-])c2)CC1. The van der Waals surface area contributed by atoms with Gasteiger partial charge in [-0.1, -0.05) is 12.1 Å². The lowest BCUT2D eigenvalue weighted by Crippen LogP contribution is -2.38. The third-order valence-electron chi connectivity index (χ3n) is 4.18. The molecule has 0 radical (unpaired) electrons. The van der Waals surface area contributed by atoms with E-state index in [9.17, 15) is 14.9 Å². The highest BCUT2D eigenvalue weighted by Crippen LogP contribution is 2.28. The van der Waals surface area contributed by atoms with Crippen LogP contribution in [0.25, 0.3) is 0 Å². The van der Waals surface area contributed by atoms with E-state index in [1.54, 1.807) is 12.1 Å². The van der Waals surface area contributed by atoms with Crippen molar-refractivity contribution in [3.8, 4) is 0 Å². The molecule has 1 saturated heterocycles. The molecular formula is C15H20N2O4. The molecule has 0 aliphatic carbocycles. The molecule has 0 saturated carbocycles. The number of esters is 1. The average molecular weight is 292 g/mol. The van der Waals surface area contributed by atoms with Gasteiger partial charge in [-0.05, 0) is 38.4 Å². The molecule has 1 fully saturated rings. The van der Waals surface area contributed by atoms with Crippen molar-refractivity contribution in [2.75, 3.05) is 20.2 Å². The maximum absolute atomic E-state index is 11.5. The summed E-state index contributed by atoms with van der Waals surface area (Å²) in [6.45, 7) is 3.63. The summed E-state index contributed by atoms with van der Waals surface area (Å²) < 4.78 is 4.78. The predicted molar refractivity (Wildman–Crippen MR) is 77.8 cm³/mol. The van der Waals surface area contributed by atoms with Crippen molar-refractivity contribution in [3.63, 3.8) is 0 Å². The summed E-state index contributed by atoms with van der Waals surface area (Å²) in [6.07, 6.45) is 1.54. The highest BCUT2D eigenvalue weighted by molar-refractivity contribution is 5.72. The molecule has 1 heterocycles. The van der Waals surface area contributed by atoms with Crippen LogP contribution in [0.3, 0.4) is 0 Å². The Hall–Kier alpha value is -1.95. The summed E-state index contributed by atoms with van der Waals surface area (Å²) >= 11 is 0. The summed E-state index contributed by atoms with van der Waals surface area (Å²) in [5.41, 5.74) is 1.05. The van der Waals surface area contributed by atoms with Gasteiger partial charge in [-0.15, -0.1) is 0 Å². The first-order valence-electron chi connectivity index (χ1n) is 7.09. The van der Waals surface area contributed by atoms with Crippen LogP contribution in [0, 0.1) is 16.0 Å². The van der Waals surface area contributed by atoms with E-state index < -0.39 is 0 Å². The first-order valence-corrected chi connectivity index (χ1v) is 7.09. The molecule has 1 atom stereocenters. The zero-order valence-corrected chi connectivity index (χ0v) is 12.3. The lowest BCUT2D eigenvalue weighted by atomic mass is 9.94. The van der Waals surface area contributed by atoms with Crippen LogP contribution in [0.15, 0.2) is 24.3 Å². The lowest BCUT2D eigenvalue weighted by Gasteiger charge is -2.35. The Morgan fingerprint density at radius 3 is 2.67 bits per heavy atom. The zero-order chi connectivity index (χ0) is 15.4. The smallest absolute Gasteiger partial charge is 0.308 e. The molecule has 1 aliphatic rings. The number of methoxy groups -OCH3 is 1. The molecule has 21 heavy (non-hydrogen) atoms. The fourth-order valence-corrected chi connectivity index (χ4v) is 2.80. The lowest BCUT2D eigenvalue weighted by molar-refractivity contribution is -0.385. The number of nitro benzene ring substituents is 1. The molecule has 0 bridgehead atoms. The van der Waals surface area contributed by atoms with E-state index in [1.165, 1.54) is 13.2 Å². The number of hydrogen-bond acceptors (Lipinski definition) is 5. The van der Waals surface area contributed by atoms with Crippen molar-refractivity contribution >= 4 is 11.7 Å². The molecule has 1 unspecified atom stereocenters. The van der Waals surface area contributed by atoms with Gasteiger partial charge < -0.3 is 4.74 Å². The number of rotatable bonds is 4. The van der Waals surface area contributed by atoms with Gasteiger partial charge in [-0.25, -0.2) is 0 Å². The molecule has 0 spiro atoms. The zero-order valence-electron chi connectivity index (χ0n) is 12.3. The summed E-state index contributed by atoms with van der Waals surface area (Å²) in [6, 6.07) is 6.84. The minimum Gasteiger partial charge on any atom is -0.469 e. The second-order valence-electron chi connectivity index (χ2n) is 5.36. The van der Waals surface area contributed by atoms with Crippen LogP contribution < -0.4 is 0 Å². The van der Waals surface area contributed by atoms with Gasteiger partial charge in [0.05, 0.1) is 18.0 Å². The Balaban J connectivity index is 2.01. The fourth-order valence-electron chi connectivity index (χ4n) is 2.80. The van der Waals surface area contributed by atoms with Crippen molar-refractivity contribution in [2.24, 2.45) is 5.92 Å². The van der Waals surface area contributed by atoms with Crippen LogP contribution in [0.4, 0.5) is 5.69 Å².